The fraction of sp³-hybridized carbons (Fsp3) is 0.647. The maximum Gasteiger partial charge on any atom is 0.124 e. The topological polar surface area (TPSA) is 20.2 Å². The van der Waals surface area contributed by atoms with Gasteiger partial charge in [0, 0.05) is 10.9 Å². The summed E-state index contributed by atoms with van der Waals surface area (Å²) in [6.45, 7) is 8.83. The van der Waals surface area contributed by atoms with E-state index in [0.29, 0.717) is 6.42 Å². The molecule has 1 aliphatic rings. The van der Waals surface area contributed by atoms with Crippen molar-refractivity contribution in [3.8, 4) is 0 Å². The van der Waals surface area contributed by atoms with Gasteiger partial charge in [-0.2, -0.15) is 0 Å². The lowest BCUT2D eigenvalue weighted by molar-refractivity contribution is -0.0851. The fourth-order valence-electron chi connectivity index (χ4n) is 4.48. The first-order valence-electron chi connectivity index (χ1n) is 7.16. The van der Waals surface area contributed by atoms with Gasteiger partial charge < -0.3 is 5.11 Å². The van der Waals surface area contributed by atoms with Gasteiger partial charge in [0.15, 0.2) is 0 Å². The minimum Gasteiger partial charge on any atom is -0.390 e. The monoisotopic (exact) mass is 342 g/mol. The molecule has 1 nitrogen and oxygen atoms in total. The number of benzene rings is 1. The molecule has 1 saturated carbocycles. The molecular formula is C17H24BrFO. The highest BCUT2D eigenvalue weighted by molar-refractivity contribution is 9.10. The summed E-state index contributed by atoms with van der Waals surface area (Å²) in [4.78, 5) is 0. The first kappa shape index (κ1) is 16.0. The minimum atomic E-state index is -0.752. The molecule has 0 amide bonds. The smallest absolute Gasteiger partial charge is 0.124 e. The summed E-state index contributed by atoms with van der Waals surface area (Å²) in [6.07, 6.45) is 3.14. The van der Waals surface area contributed by atoms with Crippen molar-refractivity contribution in [2.75, 3.05) is 0 Å². The molecule has 1 N–H and O–H groups in total. The SMILES string of the molecule is CC1(C)CC(C)(C)CC(O)(Cc2cc(F)cc(Br)c2)C1. The van der Waals surface area contributed by atoms with Crippen LogP contribution in [0.25, 0.3) is 0 Å². The van der Waals surface area contributed by atoms with E-state index in [1.54, 1.807) is 0 Å². The molecule has 3 heteroatoms. The molecule has 0 unspecified atom stereocenters. The molecule has 1 fully saturated rings. The van der Waals surface area contributed by atoms with Crippen molar-refractivity contribution >= 4 is 15.9 Å². The van der Waals surface area contributed by atoms with Gasteiger partial charge in [-0.15, -0.1) is 0 Å². The Morgan fingerprint density at radius 1 is 1.05 bits per heavy atom. The summed E-state index contributed by atoms with van der Waals surface area (Å²) in [5.74, 6) is -0.257. The normalized spacial score (nSPS) is 23.6. The summed E-state index contributed by atoms with van der Waals surface area (Å²) in [7, 11) is 0. The molecule has 0 atom stereocenters. The Hall–Kier alpha value is -0.410. The predicted molar refractivity (Wildman–Crippen MR) is 84.2 cm³/mol. The van der Waals surface area contributed by atoms with E-state index in [9.17, 15) is 9.50 Å². The van der Waals surface area contributed by atoms with E-state index < -0.39 is 5.60 Å². The maximum absolute atomic E-state index is 13.5. The van der Waals surface area contributed by atoms with Crippen LogP contribution in [0.4, 0.5) is 4.39 Å². The molecule has 0 aromatic heterocycles. The van der Waals surface area contributed by atoms with Crippen LogP contribution in [-0.4, -0.2) is 10.7 Å². The van der Waals surface area contributed by atoms with Gasteiger partial charge in [0.2, 0.25) is 0 Å². The van der Waals surface area contributed by atoms with Crippen LogP contribution < -0.4 is 0 Å². The lowest BCUT2D eigenvalue weighted by Crippen LogP contribution is -2.47. The number of halogens is 2. The van der Waals surface area contributed by atoms with Crippen molar-refractivity contribution in [1.29, 1.82) is 0 Å². The Balaban J connectivity index is 2.26. The van der Waals surface area contributed by atoms with Crippen LogP contribution in [0.5, 0.6) is 0 Å². The lowest BCUT2D eigenvalue weighted by Gasteiger charge is -2.49. The third-order valence-electron chi connectivity index (χ3n) is 4.03. The van der Waals surface area contributed by atoms with Crippen molar-refractivity contribution in [1.82, 2.24) is 0 Å². The van der Waals surface area contributed by atoms with Gasteiger partial charge in [-0.25, -0.2) is 4.39 Å². The Bertz CT molecular complexity index is 471. The van der Waals surface area contributed by atoms with E-state index in [2.05, 4.69) is 43.6 Å². The van der Waals surface area contributed by atoms with Crippen molar-refractivity contribution in [2.24, 2.45) is 10.8 Å². The molecule has 20 heavy (non-hydrogen) atoms. The highest BCUT2D eigenvalue weighted by Crippen LogP contribution is 2.51. The first-order valence-corrected chi connectivity index (χ1v) is 7.96. The molecule has 2 rings (SSSR count). The van der Waals surface area contributed by atoms with E-state index in [1.807, 2.05) is 6.07 Å². The highest BCUT2D eigenvalue weighted by atomic mass is 79.9. The van der Waals surface area contributed by atoms with Crippen molar-refractivity contribution < 1.29 is 9.50 Å². The van der Waals surface area contributed by atoms with Gasteiger partial charge >= 0.3 is 0 Å². The van der Waals surface area contributed by atoms with Crippen LogP contribution in [0.2, 0.25) is 0 Å². The summed E-state index contributed by atoms with van der Waals surface area (Å²) in [6, 6.07) is 4.87. The number of hydrogen-bond acceptors (Lipinski definition) is 1. The van der Waals surface area contributed by atoms with E-state index >= 15 is 0 Å². The Kier molecular flexibility index (Phi) is 4.07. The molecule has 1 aromatic carbocycles. The molecule has 0 saturated heterocycles. The Morgan fingerprint density at radius 2 is 1.60 bits per heavy atom. The Morgan fingerprint density at radius 3 is 2.10 bits per heavy atom. The summed E-state index contributed by atoms with van der Waals surface area (Å²) < 4.78 is 14.2. The highest BCUT2D eigenvalue weighted by Gasteiger charge is 2.46. The second-order valence-electron chi connectivity index (χ2n) is 8.04. The van der Waals surface area contributed by atoms with Crippen molar-refractivity contribution in [3.05, 3.63) is 34.1 Å². The van der Waals surface area contributed by atoms with Crippen molar-refractivity contribution in [2.45, 2.75) is 59.0 Å². The van der Waals surface area contributed by atoms with Gasteiger partial charge in [-0.3, -0.25) is 0 Å². The zero-order valence-electron chi connectivity index (χ0n) is 12.8. The minimum absolute atomic E-state index is 0.112. The van der Waals surface area contributed by atoms with Crippen LogP contribution in [0.3, 0.4) is 0 Å². The van der Waals surface area contributed by atoms with E-state index in [1.165, 1.54) is 12.1 Å². The number of aliphatic hydroxyl groups is 1. The quantitative estimate of drug-likeness (QED) is 0.792. The third kappa shape index (κ3) is 4.05. The molecule has 0 aliphatic heterocycles. The van der Waals surface area contributed by atoms with Crippen LogP contribution in [0.15, 0.2) is 22.7 Å². The van der Waals surface area contributed by atoms with E-state index in [0.717, 1.165) is 29.3 Å². The second kappa shape index (κ2) is 5.10. The van der Waals surface area contributed by atoms with Gasteiger partial charge in [0.25, 0.3) is 0 Å². The lowest BCUT2D eigenvalue weighted by atomic mass is 9.58. The Labute approximate surface area is 129 Å². The summed E-state index contributed by atoms with van der Waals surface area (Å²) in [5.41, 5.74) is 0.327. The largest absolute Gasteiger partial charge is 0.390 e. The molecule has 0 radical (unpaired) electrons. The van der Waals surface area contributed by atoms with Crippen LogP contribution in [-0.2, 0) is 6.42 Å². The fourth-order valence-corrected chi connectivity index (χ4v) is 5.00. The molecule has 1 aromatic rings. The number of hydrogen-bond donors (Lipinski definition) is 1. The zero-order valence-corrected chi connectivity index (χ0v) is 14.3. The predicted octanol–water partition coefficient (Wildman–Crippen LogP) is 5.10. The molecular weight excluding hydrogens is 319 g/mol. The van der Waals surface area contributed by atoms with Crippen LogP contribution in [0, 0.1) is 16.6 Å². The molecule has 1 aliphatic carbocycles. The standard InChI is InChI=1S/C17H24BrFO/c1-15(2)9-16(3,4)11-17(20,10-15)8-12-5-13(18)7-14(19)6-12/h5-7,20H,8-11H2,1-4H3. The molecule has 0 heterocycles. The average Bonchev–Trinajstić information content (AvgIpc) is 2.06. The van der Waals surface area contributed by atoms with Crippen LogP contribution >= 0.6 is 15.9 Å². The summed E-state index contributed by atoms with van der Waals surface area (Å²) in [5, 5.41) is 11.0. The van der Waals surface area contributed by atoms with Gasteiger partial charge in [-0.05, 0) is 53.9 Å². The first-order chi connectivity index (χ1) is 8.99. The van der Waals surface area contributed by atoms with Crippen molar-refractivity contribution in [3.63, 3.8) is 0 Å². The van der Waals surface area contributed by atoms with E-state index in [-0.39, 0.29) is 16.6 Å². The number of rotatable bonds is 2. The van der Waals surface area contributed by atoms with Gasteiger partial charge in [-0.1, -0.05) is 43.6 Å². The maximum atomic E-state index is 13.5. The van der Waals surface area contributed by atoms with Gasteiger partial charge in [0.05, 0.1) is 5.60 Å². The van der Waals surface area contributed by atoms with Crippen LogP contribution in [0.1, 0.15) is 52.5 Å². The average molecular weight is 343 g/mol. The third-order valence-corrected chi connectivity index (χ3v) is 4.49. The zero-order chi connectivity index (χ0) is 15.2. The van der Waals surface area contributed by atoms with Gasteiger partial charge in [0.1, 0.15) is 5.82 Å². The van der Waals surface area contributed by atoms with E-state index in [4.69, 9.17) is 0 Å². The molecule has 0 spiro atoms. The molecule has 112 valence electrons. The molecule has 0 bridgehead atoms. The summed E-state index contributed by atoms with van der Waals surface area (Å²) >= 11 is 3.32. The second-order valence-corrected chi connectivity index (χ2v) is 8.95.